The third-order valence-corrected chi connectivity index (χ3v) is 16.8. The number of allylic oxidation sites excluding steroid dienone is 19. The van der Waals surface area contributed by atoms with Gasteiger partial charge in [-0.15, -0.1) is 23.1 Å². The summed E-state index contributed by atoms with van der Waals surface area (Å²) in [4.78, 5) is 2.77. The highest BCUT2D eigenvalue weighted by atomic mass is 32.2. The molecule has 1 aliphatic heterocycles. The summed E-state index contributed by atoms with van der Waals surface area (Å²) in [7, 11) is 0. The van der Waals surface area contributed by atoms with Crippen molar-refractivity contribution in [1.29, 1.82) is 0 Å². The standard InChI is InChI=1S/C52H51NS2/c1-2-11-36(12-3-1)43-18-9-19-45-46-20-10-21-48(52(46)55-51(43)45)53(40-30-25-37(26-31-40)42-17-8-14-35-13-4-5-15-41(35)42)39-28-23-34(24-29-39)38-27-32-50-47(33-38)44-16-6-7-22-49(44)54-50/h2,4,7-9,11-14,17-20,22-23,25-30,32-34,40-42,44,47,49-50H,1,3,5-6,10,15-16,21,24,31H2. The van der Waals surface area contributed by atoms with Crippen LogP contribution in [0, 0.1) is 29.6 Å². The molecule has 0 N–H and O–H groups in total. The van der Waals surface area contributed by atoms with Crippen LogP contribution >= 0.6 is 23.1 Å². The van der Waals surface area contributed by atoms with Crippen LogP contribution in [0.4, 0.5) is 0 Å². The summed E-state index contributed by atoms with van der Waals surface area (Å²) in [5, 5.41) is 4.23. The van der Waals surface area contributed by atoms with Gasteiger partial charge in [0.2, 0.25) is 0 Å². The summed E-state index contributed by atoms with van der Waals surface area (Å²) in [5.74, 6) is 3.02. The molecule has 0 bridgehead atoms. The van der Waals surface area contributed by atoms with Crippen molar-refractivity contribution in [2.75, 3.05) is 0 Å². The monoisotopic (exact) mass is 753 g/mol. The molecule has 8 atom stereocenters. The molecule has 2 aromatic rings. The van der Waals surface area contributed by atoms with E-state index in [9.17, 15) is 0 Å². The Morgan fingerprint density at radius 3 is 2.53 bits per heavy atom. The number of fused-ring (bicyclic) bond motifs is 7. The van der Waals surface area contributed by atoms with Gasteiger partial charge >= 0.3 is 0 Å². The van der Waals surface area contributed by atoms with Crippen molar-refractivity contribution in [1.82, 2.24) is 4.90 Å². The number of hydrogen-bond acceptors (Lipinski definition) is 3. The van der Waals surface area contributed by atoms with Gasteiger partial charge in [-0.05, 0) is 121 Å². The molecule has 11 rings (SSSR count). The number of hydrogen-bond donors (Lipinski definition) is 0. The first-order chi connectivity index (χ1) is 27.3. The van der Waals surface area contributed by atoms with E-state index in [2.05, 4.69) is 156 Å². The van der Waals surface area contributed by atoms with E-state index < -0.39 is 0 Å². The van der Waals surface area contributed by atoms with Gasteiger partial charge in [-0.25, -0.2) is 0 Å². The number of nitrogens with zero attached hydrogens (tertiary/aromatic N) is 1. The highest BCUT2D eigenvalue weighted by molar-refractivity contribution is 8.01. The highest BCUT2D eigenvalue weighted by Crippen LogP contribution is 2.51. The van der Waals surface area contributed by atoms with Gasteiger partial charge in [0.1, 0.15) is 0 Å². The normalized spacial score (nSPS) is 32.8. The van der Waals surface area contributed by atoms with Gasteiger partial charge < -0.3 is 4.90 Å². The second kappa shape index (κ2) is 14.5. The van der Waals surface area contributed by atoms with Gasteiger partial charge in [0.15, 0.2) is 0 Å². The molecule has 276 valence electrons. The smallest absolute Gasteiger partial charge is 0.0557 e. The van der Waals surface area contributed by atoms with Crippen molar-refractivity contribution in [3.8, 4) is 0 Å². The van der Waals surface area contributed by atoms with Gasteiger partial charge in [0, 0.05) is 43.8 Å². The van der Waals surface area contributed by atoms with Crippen LogP contribution in [-0.2, 0) is 0 Å². The van der Waals surface area contributed by atoms with Gasteiger partial charge in [-0.3, -0.25) is 0 Å². The maximum Gasteiger partial charge on any atom is 0.0557 e. The lowest BCUT2D eigenvalue weighted by atomic mass is 9.72. The third-order valence-electron chi connectivity index (χ3n) is 13.8. The minimum Gasteiger partial charge on any atom is -0.337 e. The van der Waals surface area contributed by atoms with Gasteiger partial charge in [0.05, 0.1) is 10.6 Å². The molecule has 0 amide bonds. The summed E-state index contributed by atoms with van der Waals surface area (Å²) in [6.07, 6.45) is 61.0. The molecule has 0 radical (unpaired) electrons. The Bertz CT molecular complexity index is 2430. The first-order valence-electron chi connectivity index (χ1n) is 21.2. The summed E-state index contributed by atoms with van der Waals surface area (Å²) in [6, 6.07) is 7.29. The molecule has 0 saturated carbocycles. The van der Waals surface area contributed by atoms with Crippen LogP contribution in [0.2, 0.25) is 0 Å². The molecule has 8 unspecified atom stereocenters. The Morgan fingerprint density at radius 1 is 0.691 bits per heavy atom. The van der Waals surface area contributed by atoms with Crippen molar-refractivity contribution in [2.45, 2.75) is 80.7 Å². The molecule has 1 nitrogen and oxygen atoms in total. The average Bonchev–Trinajstić information content (AvgIpc) is 3.83. The zero-order chi connectivity index (χ0) is 36.3. The van der Waals surface area contributed by atoms with E-state index in [1.165, 1.54) is 84.8 Å². The SMILES string of the molecule is C1=CC(C2=CCC(N(C3=CCC(C4=CC5C(C=C4)SC4C=CCCC45)C=C3)C3=c4sc5c(C6=CCCC=C6)cccc5c4=CCC3)C=C2)C2CCC=CC2=C1. The summed E-state index contributed by atoms with van der Waals surface area (Å²) < 4.78 is 2.92. The van der Waals surface area contributed by atoms with E-state index in [0.717, 1.165) is 44.4 Å². The zero-order valence-electron chi connectivity index (χ0n) is 31.7. The number of rotatable bonds is 6. The number of thiophene rings is 1. The van der Waals surface area contributed by atoms with Crippen LogP contribution in [0.15, 0.2) is 156 Å². The van der Waals surface area contributed by atoms with Crippen molar-refractivity contribution in [3.63, 3.8) is 0 Å². The maximum atomic E-state index is 2.77. The largest absolute Gasteiger partial charge is 0.337 e. The molecular weight excluding hydrogens is 703 g/mol. The second-order valence-electron chi connectivity index (χ2n) is 16.9. The van der Waals surface area contributed by atoms with Crippen LogP contribution in [0.1, 0.15) is 69.8 Å². The minimum absolute atomic E-state index is 0.293. The number of thioether (sulfide) groups is 1. The maximum absolute atomic E-state index is 2.77. The van der Waals surface area contributed by atoms with E-state index in [1.807, 2.05) is 11.3 Å². The van der Waals surface area contributed by atoms with Crippen molar-refractivity contribution in [3.05, 3.63) is 171 Å². The minimum atomic E-state index is 0.293. The molecule has 8 aliphatic carbocycles. The fraction of sp³-hybridized carbons (Fsp3) is 0.346. The predicted molar refractivity (Wildman–Crippen MR) is 238 cm³/mol. The molecule has 2 heterocycles. The molecule has 3 heteroatoms. The third kappa shape index (κ3) is 6.12. The lowest BCUT2D eigenvalue weighted by molar-refractivity contribution is 0.396. The van der Waals surface area contributed by atoms with E-state index >= 15 is 0 Å². The van der Waals surface area contributed by atoms with Crippen LogP contribution in [0.25, 0.3) is 27.4 Å². The van der Waals surface area contributed by atoms with Gasteiger partial charge in [0.25, 0.3) is 0 Å². The van der Waals surface area contributed by atoms with Crippen LogP contribution in [0.5, 0.6) is 0 Å². The molecule has 1 aromatic heterocycles. The summed E-state index contributed by atoms with van der Waals surface area (Å²) in [6.45, 7) is 0. The van der Waals surface area contributed by atoms with E-state index in [4.69, 9.17) is 0 Å². The summed E-state index contributed by atoms with van der Waals surface area (Å²) >= 11 is 4.24. The fourth-order valence-corrected chi connectivity index (χ4v) is 14.2. The lowest BCUT2D eigenvalue weighted by Crippen LogP contribution is -2.39. The first kappa shape index (κ1) is 34.2. The Hall–Kier alpha value is -4.05. The quantitative estimate of drug-likeness (QED) is 0.270. The van der Waals surface area contributed by atoms with Crippen LogP contribution in [-0.4, -0.2) is 21.4 Å². The van der Waals surface area contributed by atoms with E-state index in [0.29, 0.717) is 40.2 Å². The Balaban J connectivity index is 0.952. The van der Waals surface area contributed by atoms with E-state index in [1.54, 1.807) is 0 Å². The molecule has 1 aromatic carbocycles. The molecule has 0 spiro atoms. The molecule has 9 aliphatic rings. The van der Waals surface area contributed by atoms with Gasteiger partial charge in [-0.2, -0.15) is 0 Å². The first-order valence-corrected chi connectivity index (χ1v) is 23.0. The Morgan fingerprint density at radius 2 is 1.64 bits per heavy atom. The van der Waals surface area contributed by atoms with Crippen molar-refractivity contribution >= 4 is 50.5 Å². The highest BCUT2D eigenvalue weighted by Gasteiger charge is 2.42. The van der Waals surface area contributed by atoms with Gasteiger partial charge in [-0.1, -0.05) is 134 Å². The second-order valence-corrected chi connectivity index (χ2v) is 19.3. The van der Waals surface area contributed by atoms with Crippen molar-refractivity contribution < 1.29 is 0 Å². The molecule has 1 fully saturated rings. The summed E-state index contributed by atoms with van der Waals surface area (Å²) in [5.41, 5.74) is 10.2. The average molecular weight is 754 g/mol. The zero-order valence-corrected chi connectivity index (χ0v) is 33.4. The Kier molecular flexibility index (Phi) is 9.00. The molecule has 55 heavy (non-hydrogen) atoms. The lowest BCUT2D eigenvalue weighted by Gasteiger charge is -2.39. The number of benzene rings is 1. The topological polar surface area (TPSA) is 3.24 Å². The fourth-order valence-electron chi connectivity index (χ4n) is 11.1. The van der Waals surface area contributed by atoms with E-state index in [-0.39, 0.29) is 0 Å². The molecule has 1 saturated heterocycles. The predicted octanol–water partition coefficient (Wildman–Crippen LogP) is 12.0. The van der Waals surface area contributed by atoms with Crippen LogP contribution in [0.3, 0.4) is 0 Å². The Labute approximate surface area is 335 Å². The van der Waals surface area contributed by atoms with Crippen LogP contribution < -0.4 is 9.75 Å². The van der Waals surface area contributed by atoms with Crippen molar-refractivity contribution in [2.24, 2.45) is 29.6 Å². The molecular formula is C52H51NS2.